The Labute approximate surface area is 91.3 Å². The van der Waals surface area contributed by atoms with Gasteiger partial charge in [0.1, 0.15) is 5.82 Å². The van der Waals surface area contributed by atoms with Crippen molar-refractivity contribution in [3.8, 4) is 0 Å². The monoisotopic (exact) mass is 223 g/mol. The first-order chi connectivity index (χ1) is 7.20. The molecule has 0 saturated carbocycles. The number of halogens is 1. The fourth-order valence-electron chi connectivity index (χ4n) is 1.41. The normalized spacial score (nSPS) is 10.8. The van der Waals surface area contributed by atoms with Gasteiger partial charge in [-0.25, -0.2) is 4.98 Å². The maximum Gasteiger partial charge on any atom is 0.258 e. The average molecular weight is 224 g/mol. The number of aromatic nitrogens is 2. The summed E-state index contributed by atoms with van der Waals surface area (Å²) in [7, 11) is 1.79. The van der Waals surface area contributed by atoms with Crippen LogP contribution in [0.1, 0.15) is 5.82 Å². The molecule has 0 fully saturated rings. The molecule has 78 valence electrons. The highest BCUT2D eigenvalue weighted by Gasteiger charge is 2.03. The van der Waals surface area contributed by atoms with Gasteiger partial charge in [0.25, 0.3) is 5.56 Å². The molecule has 5 heteroatoms. The molecule has 1 aromatic carbocycles. The summed E-state index contributed by atoms with van der Waals surface area (Å²) in [5.74, 6) is 0.609. The molecular formula is C10H10ClN3O. The van der Waals surface area contributed by atoms with Crippen LogP contribution in [-0.2, 0) is 6.54 Å². The van der Waals surface area contributed by atoms with Gasteiger partial charge in [-0.1, -0.05) is 11.6 Å². The Morgan fingerprint density at radius 1 is 1.53 bits per heavy atom. The Kier molecular flexibility index (Phi) is 2.70. The second-order valence-electron chi connectivity index (χ2n) is 3.20. The molecule has 0 saturated heterocycles. The van der Waals surface area contributed by atoms with Crippen molar-refractivity contribution < 1.29 is 0 Å². The molecule has 1 heterocycles. The fourth-order valence-corrected chi connectivity index (χ4v) is 1.58. The lowest BCUT2D eigenvalue weighted by atomic mass is 10.2. The Morgan fingerprint density at radius 3 is 3.07 bits per heavy atom. The van der Waals surface area contributed by atoms with Crippen LogP contribution >= 0.6 is 11.6 Å². The lowest BCUT2D eigenvalue weighted by Crippen LogP contribution is -2.16. The van der Waals surface area contributed by atoms with Crippen LogP contribution in [0.5, 0.6) is 0 Å². The molecule has 1 aromatic heterocycles. The molecule has 4 nitrogen and oxygen atoms in total. The van der Waals surface area contributed by atoms with E-state index in [1.807, 2.05) is 0 Å². The van der Waals surface area contributed by atoms with Crippen molar-refractivity contribution in [1.82, 2.24) is 15.3 Å². The van der Waals surface area contributed by atoms with E-state index in [-0.39, 0.29) is 5.56 Å². The summed E-state index contributed by atoms with van der Waals surface area (Å²) in [5, 5.41) is 4.06. The summed E-state index contributed by atoms with van der Waals surface area (Å²) >= 11 is 5.83. The van der Waals surface area contributed by atoms with Crippen LogP contribution in [-0.4, -0.2) is 17.0 Å². The van der Waals surface area contributed by atoms with Gasteiger partial charge in [-0.05, 0) is 25.2 Å². The highest BCUT2D eigenvalue weighted by atomic mass is 35.5. The lowest BCUT2D eigenvalue weighted by molar-refractivity contribution is 0.760. The van der Waals surface area contributed by atoms with Crippen LogP contribution in [0.2, 0.25) is 5.02 Å². The number of nitrogens with one attached hydrogen (secondary N) is 2. The summed E-state index contributed by atoms with van der Waals surface area (Å²) in [5.41, 5.74) is 0.485. The van der Waals surface area contributed by atoms with Crippen molar-refractivity contribution in [2.45, 2.75) is 6.54 Å². The van der Waals surface area contributed by atoms with Gasteiger partial charge < -0.3 is 10.3 Å². The zero-order valence-electron chi connectivity index (χ0n) is 8.17. The first kappa shape index (κ1) is 10.1. The van der Waals surface area contributed by atoms with Crippen LogP contribution in [0.4, 0.5) is 0 Å². The van der Waals surface area contributed by atoms with Crippen molar-refractivity contribution in [3.63, 3.8) is 0 Å². The Hall–Kier alpha value is -1.39. The number of rotatable bonds is 2. The minimum absolute atomic E-state index is 0.137. The van der Waals surface area contributed by atoms with Gasteiger partial charge in [0, 0.05) is 5.02 Å². The first-order valence-corrected chi connectivity index (χ1v) is 4.91. The molecule has 15 heavy (non-hydrogen) atoms. The topological polar surface area (TPSA) is 57.8 Å². The predicted octanol–water partition coefficient (Wildman–Crippen LogP) is 1.30. The molecule has 0 spiro atoms. The van der Waals surface area contributed by atoms with Crippen LogP contribution < -0.4 is 10.9 Å². The summed E-state index contributed by atoms with van der Waals surface area (Å²) in [6.45, 7) is 0.525. The predicted molar refractivity (Wildman–Crippen MR) is 60.1 cm³/mol. The summed E-state index contributed by atoms with van der Waals surface area (Å²) < 4.78 is 0. The maximum absolute atomic E-state index is 11.6. The van der Waals surface area contributed by atoms with Gasteiger partial charge in [-0.3, -0.25) is 4.79 Å². The minimum Gasteiger partial charge on any atom is -0.313 e. The quantitative estimate of drug-likeness (QED) is 0.807. The van der Waals surface area contributed by atoms with E-state index in [0.29, 0.717) is 28.3 Å². The average Bonchev–Trinajstić information content (AvgIpc) is 2.17. The van der Waals surface area contributed by atoms with Crippen LogP contribution in [0.3, 0.4) is 0 Å². The third-order valence-corrected chi connectivity index (χ3v) is 2.30. The molecule has 2 aromatic rings. The van der Waals surface area contributed by atoms with E-state index < -0.39 is 0 Å². The number of H-pyrrole nitrogens is 1. The Bertz CT molecular complexity index is 550. The maximum atomic E-state index is 11.6. The summed E-state index contributed by atoms with van der Waals surface area (Å²) in [4.78, 5) is 18.6. The number of nitrogens with zero attached hydrogens (tertiary/aromatic N) is 1. The van der Waals surface area contributed by atoms with Crippen LogP contribution in [0.25, 0.3) is 10.9 Å². The highest BCUT2D eigenvalue weighted by molar-refractivity contribution is 6.31. The molecule has 0 amide bonds. The first-order valence-electron chi connectivity index (χ1n) is 4.54. The SMILES string of the molecule is CNCc1nc2cc(Cl)ccc2c(=O)[nH]1. The third-order valence-electron chi connectivity index (χ3n) is 2.06. The molecule has 2 N–H and O–H groups in total. The molecule has 0 aliphatic carbocycles. The van der Waals surface area contributed by atoms with Gasteiger partial charge in [-0.15, -0.1) is 0 Å². The van der Waals surface area contributed by atoms with Crippen LogP contribution in [0.15, 0.2) is 23.0 Å². The van der Waals surface area contributed by atoms with E-state index >= 15 is 0 Å². The lowest BCUT2D eigenvalue weighted by Gasteiger charge is -2.02. The molecule has 0 bridgehead atoms. The zero-order chi connectivity index (χ0) is 10.8. The standard InChI is InChI=1S/C10H10ClN3O/c1-12-5-9-13-8-4-6(11)2-3-7(8)10(15)14-9/h2-4,12H,5H2,1H3,(H,13,14,15). The zero-order valence-corrected chi connectivity index (χ0v) is 8.93. The van der Waals surface area contributed by atoms with Gasteiger partial charge in [-0.2, -0.15) is 0 Å². The number of aromatic amines is 1. The number of hydrogen-bond acceptors (Lipinski definition) is 3. The molecule has 0 radical (unpaired) electrons. The minimum atomic E-state index is -0.137. The van der Waals surface area contributed by atoms with Gasteiger partial charge in [0.15, 0.2) is 0 Å². The number of fused-ring (bicyclic) bond motifs is 1. The van der Waals surface area contributed by atoms with Gasteiger partial charge in [0.05, 0.1) is 17.4 Å². The van der Waals surface area contributed by atoms with Crippen molar-refractivity contribution in [2.24, 2.45) is 0 Å². The van der Waals surface area contributed by atoms with E-state index in [2.05, 4.69) is 15.3 Å². The van der Waals surface area contributed by atoms with Crippen molar-refractivity contribution >= 4 is 22.5 Å². The smallest absolute Gasteiger partial charge is 0.258 e. The molecule has 0 atom stereocenters. The summed E-state index contributed by atoms with van der Waals surface area (Å²) in [6, 6.07) is 5.04. The van der Waals surface area contributed by atoms with Gasteiger partial charge in [0.2, 0.25) is 0 Å². The van der Waals surface area contributed by atoms with Gasteiger partial charge >= 0.3 is 0 Å². The van der Waals surface area contributed by atoms with E-state index in [1.54, 1.807) is 25.2 Å². The van der Waals surface area contributed by atoms with E-state index in [4.69, 9.17) is 11.6 Å². The van der Waals surface area contributed by atoms with Crippen molar-refractivity contribution in [1.29, 1.82) is 0 Å². The second kappa shape index (κ2) is 4.00. The van der Waals surface area contributed by atoms with Crippen molar-refractivity contribution in [3.05, 3.63) is 39.4 Å². The van der Waals surface area contributed by atoms with Crippen molar-refractivity contribution in [2.75, 3.05) is 7.05 Å². The fraction of sp³-hybridized carbons (Fsp3) is 0.200. The molecule has 0 aliphatic heterocycles. The summed E-state index contributed by atoms with van der Waals surface area (Å²) in [6.07, 6.45) is 0. The highest BCUT2D eigenvalue weighted by Crippen LogP contribution is 2.14. The van der Waals surface area contributed by atoms with E-state index in [0.717, 1.165) is 0 Å². The molecule has 0 unspecified atom stereocenters. The Balaban J connectivity index is 2.68. The number of hydrogen-bond donors (Lipinski definition) is 2. The largest absolute Gasteiger partial charge is 0.313 e. The third kappa shape index (κ3) is 2.00. The Morgan fingerprint density at radius 2 is 2.33 bits per heavy atom. The van der Waals surface area contributed by atoms with E-state index in [9.17, 15) is 4.79 Å². The van der Waals surface area contributed by atoms with Crippen LogP contribution in [0, 0.1) is 0 Å². The second-order valence-corrected chi connectivity index (χ2v) is 3.64. The molecular weight excluding hydrogens is 214 g/mol. The molecule has 2 rings (SSSR count). The van der Waals surface area contributed by atoms with E-state index in [1.165, 1.54) is 0 Å². The molecule has 0 aliphatic rings. The number of benzene rings is 1.